The Balaban J connectivity index is 3.16. The van der Waals surface area contributed by atoms with E-state index in [2.05, 4.69) is 15.9 Å². The largest absolute Gasteiger partial charge is 0.481 e. The van der Waals surface area contributed by atoms with Gasteiger partial charge in [0.05, 0.1) is 5.92 Å². The summed E-state index contributed by atoms with van der Waals surface area (Å²) in [6.45, 7) is 3.74. The van der Waals surface area contributed by atoms with Crippen molar-refractivity contribution < 1.29 is 15.0 Å². The van der Waals surface area contributed by atoms with Gasteiger partial charge in [0.15, 0.2) is 0 Å². The summed E-state index contributed by atoms with van der Waals surface area (Å²) in [7, 11) is 0. The molecule has 4 heteroatoms. The fourth-order valence-electron chi connectivity index (χ4n) is 2.25. The van der Waals surface area contributed by atoms with E-state index in [4.69, 9.17) is 0 Å². The van der Waals surface area contributed by atoms with Gasteiger partial charge >= 0.3 is 5.97 Å². The number of carboxylic acids is 1. The van der Waals surface area contributed by atoms with Gasteiger partial charge in [-0.3, -0.25) is 4.79 Å². The maximum atomic E-state index is 11.4. The van der Waals surface area contributed by atoms with Gasteiger partial charge in [0.2, 0.25) is 0 Å². The molecule has 0 saturated heterocycles. The molecule has 3 nitrogen and oxygen atoms in total. The number of aliphatic carboxylic acids is 1. The van der Waals surface area contributed by atoms with Crippen molar-refractivity contribution in [3.05, 3.63) is 34.3 Å². The first-order valence-corrected chi connectivity index (χ1v) is 6.96. The number of aliphatic hydroxyl groups is 1. The quantitative estimate of drug-likeness (QED) is 0.844. The van der Waals surface area contributed by atoms with E-state index in [1.54, 1.807) is 12.1 Å². The minimum absolute atomic E-state index is 0.381. The second-order valence-corrected chi connectivity index (χ2v) is 5.38. The van der Waals surface area contributed by atoms with Gasteiger partial charge in [0.1, 0.15) is 5.60 Å². The summed E-state index contributed by atoms with van der Waals surface area (Å²) >= 11 is 3.33. The van der Waals surface area contributed by atoms with Crippen molar-refractivity contribution in [3.63, 3.8) is 0 Å². The SMILES string of the molecule is CCCC(C(=O)O)C(O)(CC)c1ccc(Br)cc1. The fourth-order valence-corrected chi connectivity index (χ4v) is 2.51. The Labute approximate surface area is 116 Å². The topological polar surface area (TPSA) is 57.5 Å². The molecule has 100 valence electrons. The molecule has 0 spiro atoms. The molecule has 1 aromatic carbocycles. The van der Waals surface area contributed by atoms with Crippen LogP contribution in [-0.4, -0.2) is 16.2 Å². The summed E-state index contributed by atoms with van der Waals surface area (Å²) < 4.78 is 0.909. The van der Waals surface area contributed by atoms with Crippen molar-refractivity contribution >= 4 is 21.9 Å². The van der Waals surface area contributed by atoms with Crippen LogP contribution in [0.15, 0.2) is 28.7 Å². The van der Waals surface area contributed by atoms with Crippen LogP contribution in [0.5, 0.6) is 0 Å². The number of halogens is 1. The van der Waals surface area contributed by atoms with E-state index in [0.717, 1.165) is 10.9 Å². The molecular formula is C14H19BrO3. The van der Waals surface area contributed by atoms with Crippen LogP contribution in [0, 0.1) is 5.92 Å². The lowest BCUT2D eigenvalue weighted by Crippen LogP contribution is -2.39. The Morgan fingerprint density at radius 3 is 2.28 bits per heavy atom. The molecule has 0 aromatic heterocycles. The predicted octanol–water partition coefficient (Wildman–Crippen LogP) is 3.55. The zero-order valence-corrected chi connectivity index (χ0v) is 12.3. The molecule has 1 rings (SSSR count). The molecule has 0 fully saturated rings. The molecule has 2 atom stereocenters. The molecular weight excluding hydrogens is 296 g/mol. The Hall–Kier alpha value is -0.870. The summed E-state index contributed by atoms with van der Waals surface area (Å²) in [6, 6.07) is 7.19. The molecule has 1 aromatic rings. The van der Waals surface area contributed by atoms with Gasteiger partial charge in [-0.2, -0.15) is 0 Å². The predicted molar refractivity (Wildman–Crippen MR) is 74.4 cm³/mol. The van der Waals surface area contributed by atoms with Gasteiger partial charge < -0.3 is 10.2 Å². The highest BCUT2D eigenvalue weighted by atomic mass is 79.9. The van der Waals surface area contributed by atoms with E-state index in [9.17, 15) is 15.0 Å². The number of hydrogen-bond acceptors (Lipinski definition) is 2. The van der Waals surface area contributed by atoms with Crippen LogP contribution in [0.4, 0.5) is 0 Å². The number of hydrogen-bond donors (Lipinski definition) is 2. The Morgan fingerprint density at radius 2 is 1.89 bits per heavy atom. The number of rotatable bonds is 6. The van der Waals surface area contributed by atoms with Crippen LogP contribution < -0.4 is 0 Å². The van der Waals surface area contributed by atoms with E-state index in [1.165, 1.54) is 0 Å². The van der Waals surface area contributed by atoms with Gasteiger partial charge in [-0.15, -0.1) is 0 Å². The Kier molecular flexibility index (Phi) is 5.35. The Morgan fingerprint density at radius 1 is 1.33 bits per heavy atom. The fraction of sp³-hybridized carbons (Fsp3) is 0.500. The monoisotopic (exact) mass is 314 g/mol. The van der Waals surface area contributed by atoms with Crippen LogP contribution in [0.2, 0.25) is 0 Å². The first-order valence-electron chi connectivity index (χ1n) is 6.17. The van der Waals surface area contributed by atoms with Crippen molar-refractivity contribution in [2.75, 3.05) is 0 Å². The normalized spacial score (nSPS) is 16.0. The zero-order chi connectivity index (χ0) is 13.8. The molecule has 0 bridgehead atoms. The first-order chi connectivity index (χ1) is 8.45. The lowest BCUT2D eigenvalue weighted by atomic mass is 9.77. The van der Waals surface area contributed by atoms with Gasteiger partial charge in [-0.1, -0.05) is 48.3 Å². The van der Waals surface area contributed by atoms with Gasteiger partial charge in [0, 0.05) is 4.47 Å². The van der Waals surface area contributed by atoms with E-state index >= 15 is 0 Å². The van der Waals surface area contributed by atoms with Crippen LogP contribution in [0.25, 0.3) is 0 Å². The van der Waals surface area contributed by atoms with Crippen molar-refractivity contribution in [2.45, 2.75) is 38.7 Å². The van der Waals surface area contributed by atoms with Crippen molar-refractivity contribution in [2.24, 2.45) is 5.92 Å². The second-order valence-electron chi connectivity index (χ2n) is 4.46. The average Bonchev–Trinajstić information content (AvgIpc) is 2.35. The molecule has 0 radical (unpaired) electrons. The summed E-state index contributed by atoms with van der Waals surface area (Å²) in [6.07, 6.45) is 1.58. The van der Waals surface area contributed by atoms with Crippen molar-refractivity contribution in [1.29, 1.82) is 0 Å². The second kappa shape index (κ2) is 6.34. The van der Waals surface area contributed by atoms with Crippen molar-refractivity contribution in [3.8, 4) is 0 Å². The summed E-state index contributed by atoms with van der Waals surface area (Å²) in [5.74, 6) is -1.71. The summed E-state index contributed by atoms with van der Waals surface area (Å²) in [5, 5.41) is 20.1. The van der Waals surface area contributed by atoms with E-state index < -0.39 is 17.5 Å². The molecule has 0 saturated carbocycles. The highest BCUT2D eigenvalue weighted by Gasteiger charge is 2.40. The minimum atomic E-state index is -1.30. The molecule has 2 N–H and O–H groups in total. The summed E-state index contributed by atoms with van der Waals surface area (Å²) in [5.41, 5.74) is -0.642. The molecule has 0 amide bonds. The molecule has 0 aliphatic heterocycles. The maximum Gasteiger partial charge on any atom is 0.309 e. The molecule has 2 unspecified atom stereocenters. The average molecular weight is 315 g/mol. The van der Waals surface area contributed by atoms with Gasteiger partial charge in [-0.25, -0.2) is 0 Å². The van der Waals surface area contributed by atoms with Crippen molar-refractivity contribution in [1.82, 2.24) is 0 Å². The molecule has 0 aliphatic rings. The lowest BCUT2D eigenvalue weighted by molar-refractivity contribution is -0.154. The highest BCUT2D eigenvalue weighted by molar-refractivity contribution is 9.10. The third-order valence-electron chi connectivity index (χ3n) is 3.34. The zero-order valence-electron chi connectivity index (χ0n) is 10.7. The van der Waals surface area contributed by atoms with E-state index in [0.29, 0.717) is 18.4 Å². The number of carbonyl (C=O) groups is 1. The van der Waals surface area contributed by atoms with E-state index in [-0.39, 0.29) is 0 Å². The molecule has 0 aliphatic carbocycles. The lowest BCUT2D eigenvalue weighted by Gasteiger charge is -2.33. The highest BCUT2D eigenvalue weighted by Crippen LogP contribution is 2.36. The van der Waals surface area contributed by atoms with Crippen LogP contribution in [0.3, 0.4) is 0 Å². The third kappa shape index (κ3) is 3.12. The molecule has 0 heterocycles. The van der Waals surface area contributed by atoms with Gasteiger partial charge in [0.25, 0.3) is 0 Å². The minimum Gasteiger partial charge on any atom is -0.481 e. The number of carboxylic acid groups (broad SMARTS) is 1. The molecule has 18 heavy (non-hydrogen) atoms. The summed E-state index contributed by atoms with van der Waals surface area (Å²) in [4.78, 5) is 11.4. The van der Waals surface area contributed by atoms with E-state index in [1.807, 2.05) is 26.0 Å². The van der Waals surface area contributed by atoms with Crippen LogP contribution in [0.1, 0.15) is 38.7 Å². The smallest absolute Gasteiger partial charge is 0.309 e. The van der Waals surface area contributed by atoms with Crippen LogP contribution in [-0.2, 0) is 10.4 Å². The first kappa shape index (κ1) is 15.2. The maximum absolute atomic E-state index is 11.4. The van der Waals surface area contributed by atoms with Gasteiger partial charge in [-0.05, 0) is 30.5 Å². The number of benzene rings is 1. The standard InChI is InChI=1S/C14H19BrO3/c1-3-5-12(13(16)17)14(18,4-2)10-6-8-11(15)9-7-10/h6-9,12,18H,3-5H2,1-2H3,(H,16,17). The third-order valence-corrected chi connectivity index (χ3v) is 3.86. The Bertz CT molecular complexity index is 402. The van der Waals surface area contributed by atoms with Crippen LogP contribution >= 0.6 is 15.9 Å².